The van der Waals surface area contributed by atoms with Crippen LogP contribution in [-0.2, 0) is 27.8 Å². The Hall–Kier alpha value is -3.04. The van der Waals surface area contributed by atoms with Gasteiger partial charge in [0.25, 0.3) is 0 Å². The minimum atomic E-state index is -3.47. The van der Waals surface area contributed by atoms with Crippen molar-refractivity contribution in [2.75, 3.05) is 14.1 Å². The smallest absolute Gasteiger partial charge is 0.242 e. The second kappa shape index (κ2) is 9.19. The number of nitrogens with zero attached hydrogens (tertiary/aromatic N) is 2. The molecule has 0 atom stereocenters. The summed E-state index contributed by atoms with van der Waals surface area (Å²) in [5, 5.41) is 2.78. The van der Waals surface area contributed by atoms with Gasteiger partial charge in [-0.15, -0.1) is 0 Å². The zero-order valence-corrected chi connectivity index (χ0v) is 17.4. The summed E-state index contributed by atoms with van der Waals surface area (Å²) >= 11 is 0. The number of aryl methyl sites for hydroxylation is 1. The van der Waals surface area contributed by atoms with Gasteiger partial charge >= 0.3 is 0 Å². The molecule has 0 unspecified atom stereocenters. The van der Waals surface area contributed by atoms with Crippen molar-refractivity contribution in [3.63, 3.8) is 0 Å². The molecule has 1 N–H and O–H groups in total. The van der Waals surface area contributed by atoms with Crippen molar-refractivity contribution in [2.45, 2.75) is 24.3 Å². The average molecular weight is 431 g/mol. The summed E-state index contributed by atoms with van der Waals surface area (Å²) in [6, 6.07) is 12.2. The van der Waals surface area contributed by atoms with Crippen LogP contribution in [0.1, 0.15) is 17.9 Å². The molecule has 0 aliphatic carbocycles. The Morgan fingerprint density at radius 2 is 1.77 bits per heavy atom. The normalized spacial score (nSPS) is 11.6. The lowest BCUT2D eigenvalue weighted by Gasteiger charge is -2.11. The van der Waals surface area contributed by atoms with Gasteiger partial charge < -0.3 is 9.73 Å². The first-order valence-corrected chi connectivity index (χ1v) is 10.7. The minimum absolute atomic E-state index is 0.179. The van der Waals surface area contributed by atoms with Crippen LogP contribution in [0.5, 0.6) is 0 Å². The van der Waals surface area contributed by atoms with Crippen LogP contribution in [0, 0.1) is 5.82 Å². The van der Waals surface area contributed by atoms with E-state index in [-0.39, 0.29) is 29.6 Å². The third kappa shape index (κ3) is 5.31. The number of benzene rings is 2. The predicted octanol–water partition coefficient (Wildman–Crippen LogP) is 2.98. The second-order valence-electron chi connectivity index (χ2n) is 6.83. The van der Waals surface area contributed by atoms with E-state index in [1.165, 1.54) is 38.4 Å². The number of nitrogens with one attached hydrogen (secondary N) is 1. The highest BCUT2D eigenvalue weighted by molar-refractivity contribution is 7.89. The van der Waals surface area contributed by atoms with Crippen molar-refractivity contribution in [3.05, 3.63) is 72.0 Å². The summed E-state index contributed by atoms with van der Waals surface area (Å²) in [5.41, 5.74) is 1.50. The second-order valence-corrected chi connectivity index (χ2v) is 8.99. The van der Waals surface area contributed by atoms with Crippen LogP contribution in [-0.4, -0.2) is 37.7 Å². The number of hydrogen-bond acceptors (Lipinski definition) is 5. The highest BCUT2D eigenvalue weighted by atomic mass is 32.2. The number of hydrogen-bond donors (Lipinski definition) is 1. The highest BCUT2D eigenvalue weighted by Gasteiger charge is 2.16. The number of oxazole rings is 1. The van der Waals surface area contributed by atoms with E-state index in [4.69, 9.17) is 4.42 Å². The molecule has 0 radical (unpaired) electrons. The van der Waals surface area contributed by atoms with Gasteiger partial charge in [-0.05, 0) is 42.0 Å². The maximum atomic E-state index is 13.0. The Balaban J connectivity index is 1.49. The largest absolute Gasteiger partial charge is 0.441 e. The van der Waals surface area contributed by atoms with Gasteiger partial charge in [-0.1, -0.05) is 12.1 Å². The first-order valence-electron chi connectivity index (χ1n) is 9.24. The quantitative estimate of drug-likeness (QED) is 0.592. The Labute approximate surface area is 174 Å². The van der Waals surface area contributed by atoms with Gasteiger partial charge in [-0.3, -0.25) is 4.79 Å². The number of carbonyl (C=O) groups excluding carboxylic acids is 1. The third-order valence-corrected chi connectivity index (χ3v) is 6.27. The van der Waals surface area contributed by atoms with Gasteiger partial charge in [0.05, 0.1) is 11.1 Å². The number of sulfonamides is 1. The number of carbonyl (C=O) groups is 1. The highest BCUT2D eigenvalue weighted by Crippen LogP contribution is 2.21. The molecule has 3 rings (SSSR count). The number of rotatable bonds is 8. The summed E-state index contributed by atoms with van der Waals surface area (Å²) < 4.78 is 43.9. The van der Waals surface area contributed by atoms with Gasteiger partial charge in [-0.2, -0.15) is 0 Å². The summed E-state index contributed by atoms with van der Waals surface area (Å²) in [7, 11) is -0.530. The van der Waals surface area contributed by atoms with E-state index < -0.39 is 10.0 Å². The van der Waals surface area contributed by atoms with E-state index in [2.05, 4.69) is 10.3 Å². The average Bonchev–Trinajstić information content (AvgIpc) is 3.20. The molecule has 1 heterocycles. The summed E-state index contributed by atoms with van der Waals surface area (Å²) in [6.45, 7) is 0.285. The minimum Gasteiger partial charge on any atom is -0.441 e. The fourth-order valence-corrected chi connectivity index (χ4v) is 3.57. The Bertz CT molecular complexity index is 1110. The van der Waals surface area contributed by atoms with Crippen molar-refractivity contribution >= 4 is 15.9 Å². The van der Waals surface area contributed by atoms with E-state index in [1.54, 1.807) is 30.5 Å². The van der Waals surface area contributed by atoms with Crippen LogP contribution in [0.15, 0.2) is 64.0 Å². The van der Waals surface area contributed by atoms with Crippen molar-refractivity contribution < 1.29 is 22.0 Å². The van der Waals surface area contributed by atoms with Crippen LogP contribution in [0.3, 0.4) is 0 Å². The van der Waals surface area contributed by atoms with E-state index in [1.807, 2.05) is 0 Å². The molecule has 0 bridgehead atoms. The molecular weight excluding hydrogens is 409 g/mol. The Morgan fingerprint density at radius 1 is 1.10 bits per heavy atom. The maximum Gasteiger partial charge on any atom is 0.242 e. The molecule has 1 amide bonds. The Morgan fingerprint density at radius 3 is 2.40 bits per heavy atom. The van der Waals surface area contributed by atoms with Crippen LogP contribution in [0.2, 0.25) is 0 Å². The van der Waals surface area contributed by atoms with Gasteiger partial charge in [0.15, 0.2) is 11.7 Å². The molecule has 1 aromatic heterocycles. The first-order chi connectivity index (χ1) is 14.3. The molecule has 30 heavy (non-hydrogen) atoms. The number of halogens is 1. The van der Waals surface area contributed by atoms with E-state index in [9.17, 15) is 17.6 Å². The molecular formula is C21H22FN3O4S. The summed E-state index contributed by atoms with van der Waals surface area (Å²) in [6.07, 6.45) is 2.06. The predicted molar refractivity (Wildman–Crippen MR) is 109 cm³/mol. The van der Waals surface area contributed by atoms with Crippen LogP contribution in [0.25, 0.3) is 11.3 Å². The van der Waals surface area contributed by atoms with Crippen molar-refractivity contribution in [1.82, 2.24) is 14.6 Å². The number of aromatic nitrogens is 1. The van der Waals surface area contributed by atoms with E-state index >= 15 is 0 Å². The molecule has 0 saturated heterocycles. The fraction of sp³-hybridized carbons (Fsp3) is 0.238. The van der Waals surface area contributed by atoms with E-state index in [0.717, 1.165) is 9.87 Å². The van der Waals surface area contributed by atoms with Gasteiger partial charge in [-0.25, -0.2) is 22.1 Å². The lowest BCUT2D eigenvalue weighted by Crippen LogP contribution is -2.23. The molecule has 0 aliphatic heterocycles. The van der Waals surface area contributed by atoms with Crippen molar-refractivity contribution in [3.8, 4) is 11.3 Å². The molecule has 0 fully saturated rings. The molecule has 9 heteroatoms. The standard InChI is InChI=1S/C21H22FN3O4S/c1-25(2)30(27,28)18-9-3-15(4-10-18)13-23-20(26)11-12-21-24-14-19(29-21)16-5-7-17(22)8-6-16/h3-10,14H,11-13H2,1-2H3,(H,23,26). The topological polar surface area (TPSA) is 92.5 Å². The van der Waals surface area contributed by atoms with Crippen molar-refractivity contribution in [2.24, 2.45) is 0 Å². The van der Waals surface area contributed by atoms with Gasteiger partial charge in [0, 0.05) is 39.0 Å². The van der Waals surface area contributed by atoms with Gasteiger partial charge in [0.2, 0.25) is 15.9 Å². The monoisotopic (exact) mass is 431 g/mol. The first kappa shape index (κ1) is 21.7. The summed E-state index contributed by atoms with van der Waals surface area (Å²) in [5.74, 6) is 0.423. The van der Waals surface area contributed by atoms with E-state index in [0.29, 0.717) is 23.6 Å². The SMILES string of the molecule is CN(C)S(=O)(=O)c1ccc(CNC(=O)CCc2ncc(-c3ccc(F)cc3)o2)cc1. The molecule has 2 aromatic carbocycles. The lowest BCUT2D eigenvalue weighted by atomic mass is 10.2. The molecule has 7 nitrogen and oxygen atoms in total. The molecule has 0 saturated carbocycles. The zero-order chi connectivity index (χ0) is 21.7. The summed E-state index contributed by atoms with van der Waals surface area (Å²) in [4.78, 5) is 16.4. The zero-order valence-electron chi connectivity index (χ0n) is 16.6. The third-order valence-electron chi connectivity index (χ3n) is 4.44. The van der Waals surface area contributed by atoms with Gasteiger partial charge in [0.1, 0.15) is 5.82 Å². The maximum absolute atomic E-state index is 13.0. The lowest BCUT2D eigenvalue weighted by molar-refractivity contribution is -0.121. The fourth-order valence-electron chi connectivity index (χ4n) is 2.67. The number of amides is 1. The Kier molecular flexibility index (Phi) is 6.63. The van der Waals surface area contributed by atoms with Crippen LogP contribution in [0.4, 0.5) is 4.39 Å². The van der Waals surface area contributed by atoms with Crippen LogP contribution < -0.4 is 5.32 Å². The van der Waals surface area contributed by atoms with Crippen LogP contribution >= 0.6 is 0 Å². The molecule has 0 aliphatic rings. The molecule has 3 aromatic rings. The molecule has 158 valence electrons. The van der Waals surface area contributed by atoms with Crippen molar-refractivity contribution in [1.29, 1.82) is 0 Å². The molecule has 0 spiro atoms.